The van der Waals surface area contributed by atoms with Gasteiger partial charge in [0.05, 0.1) is 29.7 Å². The van der Waals surface area contributed by atoms with Crippen molar-refractivity contribution in [2.24, 2.45) is 7.05 Å². The smallest absolute Gasteiger partial charge is 0.330 e. The van der Waals surface area contributed by atoms with Crippen LogP contribution in [0.3, 0.4) is 0 Å². The van der Waals surface area contributed by atoms with Crippen LogP contribution in [0.1, 0.15) is 45.2 Å². The van der Waals surface area contributed by atoms with E-state index in [0.29, 0.717) is 40.4 Å². The van der Waals surface area contributed by atoms with Crippen molar-refractivity contribution in [3.63, 3.8) is 0 Å². The van der Waals surface area contributed by atoms with E-state index in [0.717, 1.165) is 17.2 Å². The Labute approximate surface area is 278 Å². The van der Waals surface area contributed by atoms with Gasteiger partial charge in [0.25, 0.3) is 11.5 Å². The van der Waals surface area contributed by atoms with Crippen molar-refractivity contribution in [2.45, 2.75) is 38.5 Å². The van der Waals surface area contributed by atoms with E-state index < -0.39 is 29.4 Å². The molecule has 14 heteroatoms. The fourth-order valence-corrected chi connectivity index (χ4v) is 6.69. The summed E-state index contributed by atoms with van der Waals surface area (Å²) < 4.78 is 50.3. The lowest BCUT2D eigenvalue weighted by atomic mass is 9.97. The van der Waals surface area contributed by atoms with Crippen molar-refractivity contribution in [1.29, 1.82) is 0 Å². The zero-order valence-electron chi connectivity index (χ0n) is 25.5. The van der Waals surface area contributed by atoms with Gasteiger partial charge in [0.2, 0.25) is 0 Å². The van der Waals surface area contributed by atoms with Crippen LogP contribution in [0.4, 0.5) is 13.2 Å². The molecule has 6 aromatic rings. The van der Waals surface area contributed by atoms with Gasteiger partial charge in [-0.25, -0.2) is 9.31 Å². The molecule has 1 aliphatic rings. The number of hydrogen-bond donors (Lipinski definition) is 0. The Bertz CT molecular complexity index is 2320. The number of halogens is 4. The maximum absolute atomic E-state index is 14.4. The molecule has 4 heterocycles. The van der Waals surface area contributed by atoms with E-state index in [-0.39, 0.29) is 28.6 Å². The van der Waals surface area contributed by atoms with Gasteiger partial charge in [-0.15, -0.1) is 0 Å². The number of hydrogen-bond acceptors (Lipinski definition) is 6. The number of rotatable bonds is 5. The summed E-state index contributed by atoms with van der Waals surface area (Å²) in [5, 5.41) is 4.69. The molecule has 3 aromatic heterocycles. The van der Waals surface area contributed by atoms with E-state index in [2.05, 4.69) is 26.0 Å². The summed E-state index contributed by atoms with van der Waals surface area (Å²) in [5.74, 6) is -0.982. The lowest BCUT2D eigenvalue weighted by Gasteiger charge is -2.35. The Morgan fingerprint density at radius 3 is 2.44 bits per heavy atom. The molecule has 0 saturated heterocycles. The lowest BCUT2D eigenvalue weighted by Crippen LogP contribution is -2.46. The largest absolute Gasteiger partial charge is 0.460 e. The molecule has 0 spiro atoms. The molecule has 0 saturated carbocycles. The normalized spacial score (nSPS) is 14.8. The summed E-state index contributed by atoms with van der Waals surface area (Å²) in [6, 6.07) is 19.6. The molecule has 48 heavy (non-hydrogen) atoms. The summed E-state index contributed by atoms with van der Waals surface area (Å²) in [7, 11) is 1.57. The van der Waals surface area contributed by atoms with E-state index in [4.69, 9.17) is 4.52 Å². The predicted octanol–water partition coefficient (Wildman–Crippen LogP) is 5.80. The minimum Gasteiger partial charge on any atom is -0.330 e. The second-order valence-corrected chi connectivity index (χ2v) is 12.5. The van der Waals surface area contributed by atoms with Crippen LogP contribution in [-0.4, -0.2) is 40.8 Å². The lowest BCUT2D eigenvalue weighted by molar-refractivity contribution is -0.138. The highest BCUT2D eigenvalue weighted by Gasteiger charge is 2.36. The summed E-state index contributed by atoms with van der Waals surface area (Å²) in [6.07, 6.45) is -2.35. The van der Waals surface area contributed by atoms with Crippen LogP contribution in [0, 0.1) is 0 Å². The van der Waals surface area contributed by atoms with Crippen LogP contribution >= 0.6 is 15.9 Å². The summed E-state index contributed by atoms with van der Waals surface area (Å²) in [5.41, 5.74) is 2.97. The standard InChI is InChI=1S/C34H26BrF3N6O4/c1-19-14-25-28(18-42(19)31(45)22-10-13-27(35)26(16-22)34(36,37)38)44-30(23(17-39-44)15-20-6-4-3-5-7-20)43(32(25)46)24-11-8-21(9-12-24)29-40-33(47)48-41(29)2/h3-13,16-17,19H,14-15,18H2,1-2H3/t19-/m1/s1. The number of benzene rings is 3. The van der Waals surface area contributed by atoms with Crippen molar-refractivity contribution >= 4 is 27.5 Å². The second-order valence-electron chi connectivity index (χ2n) is 11.6. The molecule has 0 fully saturated rings. The third-order valence-corrected chi connectivity index (χ3v) is 9.25. The molecule has 10 nitrogen and oxygen atoms in total. The van der Waals surface area contributed by atoms with Crippen LogP contribution in [0.15, 0.2) is 97.6 Å². The van der Waals surface area contributed by atoms with Crippen LogP contribution in [0.25, 0.3) is 22.7 Å². The highest BCUT2D eigenvalue weighted by Crippen LogP contribution is 2.36. The van der Waals surface area contributed by atoms with Gasteiger partial charge in [-0.05, 0) is 61.4 Å². The fourth-order valence-electron chi connectivity index (χ4n) is 6.22. The van der Waals surface area contributed by atoms with Crippen molar-refractivity contribution in [3.05, 3.63) is 138 Å². The Hall–Kier alpha value is -5.24. The van der Waals surface area contributed by atoms with Crippen molar-refractivity contribution in [3.8, 4) is 17.1 Å². The number of carbonyl (C=O) groups is 1. The number of alkyl halides is 3. The van der Waals surface area contributed by atoms with Gasteiger partial charge in [-0.3, -0.25) is 14.2 Å². The average Bonchev–Trinajstić information content (AvgIpc) is 3.62. The van der Waals surface area contributed by atoms with Gasteiger partial charge < -0.3 is 9.42 Å². The molecule has 3 aromatic carbocycles. The molecule has 0 aliphatic carbocycles. The highest BCUT2D eigenvalue weighted by atomic mass is 79.9. The summed E-state index contributed by atoms with van der Waals surface area (Å²) >= 11 is 2.94. The zero-order chi connectivity index (χ0) is 33.9. The van der Waals surface area contributed by atoms with E-state index in [1.807, 2.05) is 30.3 Å². The van der Waals surface area contributed by atoms with Gasteiger partial charge in [0, 0.05) is 46.2 Å². The molecular weight excluding hydrogens is 693 g/mol. The molecule has 1 amide bonds. The van der Waals surface area contributed by atoms with Gasteiger partial charge in [0.1, 0.15) is 5.65 Å². The highest BCUT2D eigenvalue weighted by molar-refractivity contribution is 9.10. The number of aromatic nitrogens is 5. The SMILES string of the molecule is C[C@@H]1Cc2c(n3ncc(Cc4ccccc4)c3n(-c3ccc(-c4nc(=O)on4C)cc3)c2=O)CN1C(=O)c1ccc(Br)c(C(F)(F)F)c1. The number of fused-ring (bicyclic) bond motifs is 3. The third kappa shape index (κ3) is 5.45. The first-order valence-corrected chi connectivity index (χ1v) is 15.7. The molecular formula is C34H26BrF3N6O4. The monoisotopic (exact) mass is 718 g/mol. The van der Waals surface area contributed by atoms with Gasteiger partial charge >= 0.3 is 11.9 Å². The predicted molar refractivity (Wildman–Crippen MR) is 173 cm³/mol. The zero-order valence-corrected chi connectivity index (χ0v) is 27.1. The first kappa shape index (κ1) is 31.4. The van der Waals surface area contributed by atoms with Crippen molar-refractivity contribution in [1.82, 2.24) is 28.8 Å². The molecule has 244 valence electrons. The number of aryl methyl sites for hydroxylation is 1. The first-order valence-electron chi connectivity index (χ1n) is 14.9. The molecule has 0 radical (unpaired) electrons. The Balaban J connectivity index is 1.36. The molecule has 1 atom stereocenters. The minimum absolute atomic E-state index is 0.0368. The third-order valence-electron chi connectivity index (χ3n) is 8.56. The second kappa shape index (κ2) is 11.8. The number of carbonyl (C=O) groups excluding carboxylic acids is 1. The molecule has 1 aliphatic heterocycles. The average molecular weight is 720 g/mol. The fraction of sp³-hybridized carbons (Fsp3) is 0.206. The number of amides is 1. The summed E-state index contributed by atoms with van der Waals surface area (Å²) in [6.45, 7) is 1.73. The minimum atomic E-state index is -4.65. The van der Waals surface area contributed by atoms with Crippen LogP contribution < -0.4 is 11.3 Å². The van der Waals surface area contributed by atoms with E-state index in [1.165, 1.54) is 21.8 Å². The maximum atomic E-state index is 14.4. The molecule has 0 N–H and O–H groups in total. The van der Waals surface area contributed by atoms with E-state index >= 15 is 0 Å². The molecule has 0 unspecified atom stereocenters. The van der Waals surface area contributed by atoms with E-state index in [1.54, 1.807) is 53.5 Å². The Morgan fingerprint density at radius 1 is 1.04 bits per heavy atom. The van der Waals surface area contributed by atoms with Crippen LogP contribution in [-0.2, 0) is 32.6 Å². The van der Waals surface area contributed by atoms with Gasteiger partial charge in [-0.2, -0.15) is 28.0 Å². The van der Waals surface area contributed by atoms with Gasteiger partial charge in [0.15, 0.2) is 5.82 Å². The molecule has 0 bridgehead atoms. The van der Waals surface area contributed by atoms with Crippen molar-refractivity contribution in [2.75, 3.05) is 0 Å². The van der Waals surface area contributed by atoms with Crippen LogP contribution in [0.2, 0.25) is 0 Å². The number of nitrogens with zero attached hydrogens (tertiary/aromatic N) is 6. The topological polar surface area (TPSA) is 108 Å². The Morgan fingerprint density at radius 2 is 1.77 bits per heavy atom. The van der Waals surface area contributed by atoms with Crippen molar-refractivity contribution < 1.29 is 22.5 Å². The van der Waals surface area contributed by atoms with Crippen LogP contribution in [0.5, 0.6) is 0 Å². The maximum Gasteiger partial charge on any atom is 0.460 e. The van der Waals surface area contributed by atoms with Gasteiger partial charge in [-0.1, -0.05) is 46.3 Å². The summed E-state index contributed by atoms with van der Waals surface area (Å²) in [4.78, 5) is 45.2. The first-order chi connectivity index (χ1) is 22.9. The van der Waals surface area contributed by atoms with E-state index in [9.17, 15) is 27.6 Å². The molecule has 7 rings (SSSR count). The quantitative estimate of drug-likeness (QED) is 0.223. The Kier molecular flexibility index (Phi) is 7.69.